The van der Waals surface area contributed by atoms with Crippen molar-refractivity contribution < 1.29 is 19.4 Å². The Labute approximate surface area is 133 Å². The van der Waals surface area contributed by atoms with Gasteiger partial charge in [-0.05, 0) is 24.1 Å². The quantitative estimate of drug-likeness (QED) is 0.832. The molecule has 3 rings (SSSR count). The number of nitrogens with one attached hydrogen (secondary N) is 1. The number of amides is 1. The van der Waals surface area contributed by atoms with Gasteiger partial charge in [0, 0.05) is 24.4 Å². The largest absolute Gasteiger partial charge is 0.474 e. The molecule has 0 atom stereocenters. The Bertz CT molecular complexity index is 599. The van der Waals surface area contributed by atoms with Crippen LogP contribution in [-0.4, -0.2) is 41.5 Å². The fourth-order valence-corrected chi connectivity index (χ4v) is 2.78. The van der Waals surface area contributed by atoms with Crippen LogP contribution in [0.3, 0.4) is 0 Å². The van der Waals surface area contributed by atoms with Crippen molar-refractivity contribution >= 4 is 23.3 Å². The molecule has 1 aromatic heterocycles. The van der Waals surface area contributed by atoms with Crippen LogP contribution in [0.2, 0.25) is 5.15 Å². The highest BCUT2D eigenvalue weighted by Crippen LogP contribution is 2.33. The van der Waals surface area contributed by atoms with Crippen LogP contribution in [0.4, 0.5) is 4.79 Å². The smallest absolute Gasteiger partial charge is 0.404 e. The lowest BCUT2D eigenvalue weighted by Crippen LogP contribution is -2.48. The van der Waals surface area contributed by atoms with E-state index in [2.05, 4.69) is 10.3 Å². The topological polar surface area (TPSA) is 80.7 Å². The van der Waals surface area contributed by atoms with Crippen LogP contribution in [0.15, 0.2) is 18.2 Å². The Morgan fingerprint density at radius 3 is 2.95 bits per heavy atom. The van der Waals surface area contributed by atoms with Crippen LogP contribution < -0.4 is 10.1 Å². The van der Waals surface area contributed by atoms with E-state index in [9.17, 15) is 4.79 Å². The van der Waals surface area contributed by atoms with E-state index in [1.807, 2.05) is 12.1 Å². The summed E-state index contributed by atoms with van der Waals surface area (Å²) in [5.74, 6) is 0.513. The number of carbonyl (C=O) groups is 1. The maximum Gasteiger partial charge on any atom is 0.404 e. The van der Waals surface area contributed by atoms with Gasteiger partial charge in [-0.25, -0.2) is 9.78 Å². The number of aromatic nitrogens is 1. The number of nitrogens with zero attached hydrogens (tertiary/aromatic N) is 1. The number of hydrogen-bond acceptors (Lipinski definition) is 4. The highest BCUT2D eigenvalue weighted by Gasteiger charge is 2.33. The summed E-state index contributed by atoms with van der Waals surface area (Å²) in [5, 5.41) is 11.5. The minimum atomic E-state index is -1.00. The van der Waals surface area contributed by atoms with Crippen molar-refractivity contribution in [1.82, 2.24) is 10.3 Å². The molecule has 1 amide bonds. The normalized spacial score (nSPS) is 24.1. The van der Waals surface area contributed by atoms with Crippen molar-refractivity contribution in [3.05, 3.63) is 28.9 Å². The van der Waals surface area contributed by atoms with Gasteiger partial charge >= 0.3 is 6.09 Å². The number of pyridine rings is 1. The van der Waals surface area contributed by atoms with E-state index in [1.165, 1.54) is 0 Å². The summed E-state index contributed by atoms with van der Waals surface area (Å²) in [6.07, 6.45) is 3.08. The van der Waals surface area contributed by atoms with Gasteiger partial charge in [0.15, 0.2) is 0 Å². The van der Waals surface area contributed by atoms with E-state index in [1.54, 1.807) is 6.07 Å². The summed E-state index contributed by atoms with van der Waals surface area (Å²) >= 11 is 5.97. The van der Waals surface area contributed by atoms with Gasteiger partial charge in [0.1, 0.15) is 11.3 Å². The summed E-state index contributed by atoms with van der Waals surface area (Å²) in [5.41, 5.74) is 2.08. The fourth-order valence-electron chi connectivity index (χ4n) is 2.64. The van der Waals surface area contributed by atoms with Crippen LogP contribution in [0.5, 0.6) is 5.88 Å². The SMILES string of the molecule is O=C(O)N[C@H]1C[C@H](Oc2nc(Cl)ccc2C2=CCOCC2)C1. The second-order valence-corrected chi connectivity index (χ2v) is 5.79. The van der Waals surface area contributed by atoms with Crippen molar-refractivity contribution in [3.63, 3.8) is 0 Å². The number of rotatable bonds is 4. The molecule has 1 fully saturated rings. The summed E-state index contributed by atoms with van der Waals surface area (Å²) in [7, 11) is 0. The number of halogens is 1. The van der Waals surface area contributed by atoms with Crippen LogP contribution in [-0.2, 0) is 4.74 Å². The van der Waals surface area contributed by atoms with Gasteiger partial charge in [-0.2, -0.15) is 0 Å². The Morgan fingerprint density at radius 1 is 1.45 bits per heavy atom. The number of carboxylic acid groups (broad SMARTS) is 1. The molecule has 7 heteroatoms. The molecule has 1 aliphatic carbocycles. The Balaban J connectivity index is 1.69. The minimum absolute atomic E-state index is 0.0398. The Hall–Kier alpha value is -1.79. The molecule has 1 aromatic rings. The molecule has 0 radical (unpaired) electrons. The molecular formula is C15H17ClN2O4. The molecule has 1 aliphatic heterocycles. The number of ether oxygens (including phenoxy) is 2. The van der Waals surface area contributed by atoms with Crippen LogP contribution in [0.1, 0.15) is 24.8 Å². The summed E-state index contributed by atoms with van der Waals surface area (Å²) < 4.78 is 11.2. The first kappa shape index (κ1) is 15.1. The lowest BCUT2D eigenvalue weighted by molar-refractivity contribution is 0.0789. The molecule has 2 N–H and O–H groups in total. The molecule has 0 bridgehead atoms. The second-order valence-electron chi connectivity index (χ2n) is 5.40. The average Bonchev–Trinajstić information content (AvgIpc) is 2.45. The van der Waals surface area contributed by atoms with Crippen LogP contribution >= 0.6 is 11.6 Å². The fraction of sp³-hybridized carbons (Fsp3) is 0.467. The van der Waals surface area contributed by atoms with Crippen molar-refractivity contribution in [2.45, 2.75) is 31.4 Å². The molecule has 22 heavy (non-hydrogen) atoms. The molecule has 2 heterocycles. The van der Waals surface area contributed by atoms with Crippen molar-refractivity contribution in [1.29, 1.82) is 0 Å². The maximum atomic E-state index is 10.6. The van der Waals surface area contributed by atoms with E-state index in [0.29, 0.717) is 37.1 Å². The van der Waals surface area contributed by atoms with Gasteiger partial charge in [0.25, 0.3) is 0 Å². The third kappa shape index (κ3) is 3.51. The zero-order valence-electron chi connectivity index (χ0n) is 11.9. The summed E-state index contributed by atoms with van der Waals surface area (Å²) in [6.45, 7) is 1.27. The zero-order chi connectivity index (χ0) is 15.5. The van der Waals surface area contributed by atoms with Crippen molar-refractivity contribution in [3.8, 4) is 5.88 Å². The number of hydrogen-bond donors (Lipinski definition) is 2. The van der Waals surface area contributed by atoms with Crippen LogP contribution in [0.25, 0.3) is 5.57 Å². The van der Waals surface area contributed by atoms with E-state index in [4.69, 9.17) is 26.2 Å². The molecule has 0 unspecified atom stereocenters. The zero-order valence-corrected chi connectivity index (χ0v) is 12.7. The monoisotopic (exact) mass is 324 g/mol. The van der Waals surface area contributed by atoms with Gasteiger partial charge in [0.05, 0.1) is 13.2 Å². The first-order valence-electron chi connectivity index (χ1n) is 7.21. The van der Waals surface area contributed by atoms with Gasteiger partial charge in [0.2, 0.25) is 5.88 Å². The van der Waals surface area contributed by atoms with Gasteiger partial charge in [-0.3, -0.25) is 0 Å². The van der Waals surface area contributed by atoms with Crippen molar-refractivity contribution in [2.24, 2.45) is 0 Å². The Kier molecular flexibility index (Phi) is 4.49. The lowest BCUT2D eigenvalue weighted by Gasteiger charge is -2.35. The predicted molar refractivity (Wildman–Crippen MR) is 81.3 cm³/mol. The molecular weight excluding hydrogens is 308 g/mol. The highest BCUT2D eigenvalue weighted by molar-refractivity contribution is 6.29. The van der Waals surface area contributed by atoms with Gasteiger partial charge < -0.3 is 19.9 Å². The molecule has 0 saturated heterocycles. The van der Waals surface area contributed by atoms with E-state index < -0.39 is 6.09 Å². The van der Waals surface area contributed by atoms with E-state index in [-0.39, 0.29) is 12.1 Å². The summed E-state index contributed by atoms with van der Waals surface area (Å²) in [4.78, 5) is 14.9. The van der Waals surface area contributed by atoms with Crippen LogP contribution in [0, 0.1) is 0 Å². The third-order valence-electron chi connectivity index (χ3n) is 3.84. The predicted octanol–water partition coefficient (Wildman–Crippen LogP) is 2.72. The molecule has 0 aromatic carbocycles. The van der Waals surface area contributed by atoms with Gasteiger partial charge in [-0.1, -0.05) is 17.7 Å². The maximum absolute atomic E-state index is 10.6. The van der Waals surface area contributed by atoms with E-state index >= 15 is 0 Å². The lowest BCUT2D eigenvalue weighted by atomic mass is 9.89. The average molecular weight is 325 g/mol. The molecule has 1 saturated carbocycles. The second kappa shape index (κ2) is 6.54. The summed E-state index contributed by atoms with van der Waals surface area (Å²) in [6, 6.07) is 3.61. The Morgan fingerprint density at radius 2 is 2.27 bits per heavy atom. The standard InChI is InChI=1S/C15H17ClN2O4/c16-13-2-1-12(9-3-5-21-6-4-9)14(18-13)22-11-7-10(8-11)17-15(19)20/h1-3,10-11,17H,4-8H2,(H,19,20)/t10-,11-. The minimum Gasteiger partial charge on any atom is -0.474 e. The molecule has 0 spiro atoms. The van der Waals surface area contributed by atoms with E-state index in [0.717, 1.165) is 17.6 Å². The highest BCUT2D eigenvalue weighted by atomic mass is 35.5. The molecule has 118 valence electrons. The molecule has 2 aliphatic rings. The van der Waals surface area contributed by atoms with Gasteiger partial charge in [-0.15, -0.1) is 0 Å². The molecule has 6 nitrogen and oxygen atoms in total. The van der Waals surface area contributed by atoms with Crippen molar-refractivity contribution in [2.75, 3.05) is 13.2 Å². The third-order valence-corrected chi connectivity index (χ3v) is 4.05. The first-order chi connectivity index (χ1) is 10.6. The first-order valence-corrected chi connectivity index (χ1v) is 7.59.